The van der Waals surface area contributed by atoms with Crippen molar-refractivity contribution in [1.29, 1.82) is 0 Å². The van der Waals surface area contributed by atoms with E-state index in [2.05, 4.69) is 42.2 Å². The van der Waals surface area contributed by atoms with Crippen molar-refractivity contribution in [3.8, 4) is 5.82 Å². The van der Waals surface area contributed by atoms with Crippen molar-refractivity contribution in [3.05, 3.63) is 40.8 Å². The van der Waals surface area contributed by atoms with Crippen LogP contribution in [0.25, 0.3) is 5.82 Å². The lowest BCUT2D eigenvalue weighted by molar-refractivity contribution is 0.644. The highest BCUT2D eigenvalue weighted by atomic mass is 15.3. The molecule has 21 heavy (non-hydrogen) atoms. The smallest absolute Gasteiger partial charge is 0.153 e. The Morgan fingerprint density at radius 3 is 2.81 bits per heavy atom. The molecule has 2 heterocycles. The summed E-state index contributed by atoms with van der Waals surface area (Å²) in [6, 6.07) is 4.89. The molecule has 0 radical (unpaired) electrons. The van der Waals surface area contributed by atoms with E-state index in [4.69, 9.17) is 0 Å². The van der Waals surface area contributed by atoms with Crippen LogP contribution in [0.5, 0.6) is 0 Å². The van der Waals surface area contributed by atoms with E-state index in [-0.39, 0.29) is 0 Å². The summed E-state index contributed by atoms with van der Waals surface area (Å²) in [4.78, 5) is 4.44. The molecule has 0 amide bonds. The molecule has 0 aliphatic heterocycles. The molecule has 0 aromatic carbocycles. The molecule has 4 nitrogen and oxygen atoms in total. The van der Waals surface area contributed by atoms with Gasteiger partial charge >= 0.3 is 0 Å². The highest BCUT2D eigenvalue weighted by Gasteiger charge is 2.20. The number of aryl methyl sites for hydroxylation is 2. The Morgan fingerprint density at radius 1 is 1.29 bits per heavy atom. The fourth-order valence-electron chi connectivity index (χ4n) is 2.75. The van der Waals surface area contributed by atoms with Gasteiger partial charge in [-0.2, -0.15) is 5.10 Å². The maximum atomic E-state index is 4.68. The fourth-order valence-corrected chi connectivity index (χ4v) is 2.75. The second-order valence-corrected chi connectivity index (χ2v) is 6.08. The normalized spacial score (nSPS) is 14.6. The van der Waals surface area contributed by atoms with Crippen molar-refractivity contribution < 1.29 is 0 Å². The summed E-state index contributed by atoms with van der Waals surface area (Å²) in [5.74, 6) is 0.915. The molecule has 1 aliphatic rings. The molecular weight excluding hydrogens is 260 g/mol. The maximum absolute atomic E-state index is 4.68. The fraction of sp³-hybridized carbons (Fsp3) is 0.529. The lowest BCUT2D eigenvalue weighted by atomic mass is 10.1. The third-order valence-electron chi connectivity index (χ3n) is 4.17. The molecule has 0 unspecified atom stereocenters. The molecule has 2 aromatic heterocycles. The zero-order chi connectivity index (χ0) is 14.8. The number of hydrogen-bond donors (Lipinski definition) is 1. The topological polar surface area (TPSA) is 42.7 Å². The molecule has 3 rings (SSSR count). The van der Waals surface area contributed by atoms with Crippen LogP contribution in [0, 0.1) is 20.8 Å². The number of rotatable bonds is 6. The molecule has 2 aromatic rings. The standard InChI is InChI=1S/C17H24N4/c1-12-8-10-19-17(11-12)21-14(3)16(13(2)20-21)5-4-9-18-15-6-7-15/h8,10-11,15,18H,4-7,9H2,1-3H3. The van der Waals surface area contributed by atoms with Crippen molar-refractivity contribution in [2.45, 2.75) is 52.5 Å². The maximum Gasteiger partial charge on any atom is 0.153 e. The summed E-state index contributed by atoms with van der Waals surface area (Å²) in [6.07, 6.45) is 6.82. The monoisotopic (exact) mass is 284 g/mol. The molecule has 4 heteroatoms. The van der Waals surface area contributed by atoms with Crippen molar-refractivity contribution in [2.24, 2.45) is 0 Å². The summed E-state index contributed by atoms with van der Waals surface area (Å²) in [7, 11) is 0. The predicted molar refractivity (Wildman–Crippen MR) is 84.9 cm³/mol. The largest absolute Gasteiger partial charge is 0.314 e. The Labute approximate surface area is 126 Å². The van der Waals surface area contributed by atoms with Crippen molar-refractivity contribution in [2.75, 3.05) is 6.54 Å². The third-order valence-corrected chi connectivity index (χ3v) is 4.17. The number of hydrogen-bond acceptors (Lipinski definition) is 3. The minimum Gasteiger partial charge on any atom is -0.314 e. The van der Waals surface area contributed by atoms with E-state index in [0.29, 0.717) is 0 Å². The molecule has 112 valence electrons. The summed E-state index contributed by atoms with van der Waals surface area (Å²) in [5.41, 5.74) is 4.93. The molecule has 0 spiro atoms. The highest BCUT2D eigenvalue weighted by molar-refractivity contribution is 5.34. The average Bonchev–Trinajstić information content (AvgIpc) is 3.23. The van der Waals surface area contributed by atoms with Gasteiger partial charge in [0.15, 0.2) is 5.82 Å². The first kappa shape index (κ1) is 14.3. The highest BCUT2D eigenvalue weighted by Crippen LogP contribution is 2.20. The van der Waals surface area contributed by atoms with Gasteiger partial charge < -0.3 is 5.32 Å². The van der Waals surface area contributed by atoms with Crippen LogP contribution in [0.1, 0.15) is 41.8 Å². The number of pyridine rings is 1. The average molecular weight is 284 g/mol. The first-order valence-corrected chi connectivity index (χ1v) is 7.86. The SMILES string of the molecule is Cc1ccnc(-n2nc(C)c(CCCNC3CC3)c2C)c1. The van der Waals surface area contributed by atoms with Gasteiger partial charge in [0.05, 0.1) is 5.69 Å². The zero-order valence-electron chi connectivity index (χ0n) is 13.2. The molecule has 1 saturated carbocycles. The zero-order valence-corrected chi connectivity index (χ0v) is 13.2. The Kier molecular flexibility index (Phi) is 4.06. The van der Waals surface area contributed by atoms with E-state index in [9.17, 15) is 0 Å². The van der Waals surface area contributed by atoms with Crippen LogP contribution in [0.4, 0.5) is 0 Å². The quantitative estimate of drug-likeness (QED) is 0.829. The summed E-state index contributed by atoms with van der Waals surface area (Å²) in [6.45, 7) is 7.44. The lowest BCUT2D eigenvalue weighted by Gasteiger charge is -2.06. The van der Waals surface area contributed by atoms with Crippen molar-refractivity contribution in [1.82, 2.24) is 20.1 Å². The molecule has 1 fully saturated rings. The van der Waals surface area contributed by atoms with Crippen LogP contribution >= 0.6 is 0 Å². The lowest BCUT2D eigenvalue weighted by Crippen LogP contribution is -2.18. The van der Waals surface area contributed by atoms with Crippen LogP contribution in [0.15, 0.2) is 18.3 Å². The molecule has 1 N–H and O–H groups in total. The van der Waals surface area contributed by atoms with Gasteiger partial charge in [0, 0.05) is 17.9 Å². The van der Waals surface area contributed by atoms with Crippen molar-refractivity contribution >= 4 is 0 Å². The molecule has 1 aliphatic carbocycles. The number of aromatic nitrogens is 3. The van der Waals surface area contributed by atoms with Crippen LogP contribution in [-0.2, 0) is 6.42 Å². The molecule has 0 saturated heterocycles. The molecular formula is C17H24N4. The summed E-state index contributed by atoms with van der Waals surface area (Å²) >= 11 is 0. The Hall–Kier alpha value is -1.68. The van der Waals surface area contributed by atoms with E-state index in [0.717, 1.165) is 30.5 Å². The summed E-state index contributed by atoms with van der Waals surface area (Å²) < 4.78 is 1.98. The Morgan fingerprint density at radius 2 is 2.10 bits per heavy atom. The van der Waals surface area contributed by atoms with Gasteiger partial charge in [-0.15, -0.1) is 0 Å². The van der Waals surface area contributed by atoms with Gasteiger partial charge in [-0.3, -0.25) is 0 Å². The van der Waals surface area contributed by atoms with Gasteiger partial charge in [-0.1, -0.05) is 0 Å². The van der Waals surface area contributed by atoms with E-state index < -0.39 is 0 Å². The van der Waals surface area contributed by atoms with Crippen LogP contribution in [-0.4, -0.2) is 27.4 Å². The Balaban J connectivity index is 1.72. The van der Waals surface area contributed by atoms with E-state index in [1.165, 1.54) is 36.1 Å². The minimum atomic E-state index is 0.798. The predicted octanol–water partition coefficient (Wildman–Crippen LogP) is 2.88. The van der Waals surface area contributed by atoms with Gasteiger partial charge in [-0.25, -0.2) is 9.67 Å². The van der Waals surface area contributed by atoms with E-state index in [1.807, 2.05) is 16.9 Å². The molecule has 0 atom stereocenters. The number of nitrogens with zero attached hydrogens (tertiary/aromatic N) is 3. The minimum absolute atomic E-state index is 0.798. The van der Waals surface area contributed by atoms with E-state index >= 15 is 0 Å². The van der Waals surface area contributed by atoms with Gasteiger partial charge in [0.2, 0.25) is 0 Å². The van der Waals surface area contributed by atoms with Crippen LogP contribution < -0.4 is 5.32 Å². The second kappa shape index (κ2) is 5.98. The third kappa shape index (κ3) is 3.32. The Bertz CT molecular complexity index is 626. The van der Waals surface area contributed by atoms with Crippen LogP contribution in [0.2, 0.25) is 0 Å². The second-order valence-electron chi connectivity index (χ2n) is 6.08. The first-order valence-electron chi connectivity index (χ1n) is 7.86. The van der Waals surface area contributed by atoms with Crippen LogP contribution in [0.3, 0.4) is 0 Å². The van der Waals surface area contributed by atoms with Gasteiger partial charge in [-0.05, 0) is 76.3 Å². The summed E-state index contributed by atoms with van der Waals surface area (Å²) in [5, 5.41) is 8.25. The van der Waals surface area contributed by atoms with Gasteiger partial charge in [0.25, 0.3) is 0 Å². The molecule has 0 bridgehead atoms. The van der Waals surface area contributed by atoms with Gasteiger partial charge in [0.1, 0.15) is 0 Å². The van der Waals surface area contributed by atoms with Crippen molar-refractivity contribution in [3.63, 3.8) is 0 Å². The first-order chi connectivity index (χ1) is 10.1. The number of nitrogens with one attached hydrogen (secondary N) is 1. The van der Waals surface area contributed by atoms with E-state index in [1.54, 1.807) is 0 Å².